The van der Waals surface area contributed by atoms with E-state index in [0.717, 1.165) is 49.7 Å². The first-order valence-electron chi connectivity index (χ1n) is 21.2. The number of fused-ring (bicyclic) bond motifs is 10. The lowest BCUT2D eigenvalue weighted by Crippen LogP contribution is -2.04. The molecule has 0 aliphatic heterocycles. The van der Waals surface area contributed by atoms with Crippen LogP contribution in [-0.4, -0.2) is 19.1 Å². The highest BCUT2D eigenvalue weighted by Crippen LogP contribution is 2.43. The van der Waals surface area contributed by atoms with Crippen molar-refractivity contribution < 1.29 is 0 Å². The highest BCUT2D eigenvalue weighted by molar-refractivity contribution is 6.22. The van der Waals surface area contributed by atoms with Gasteiger partial charge in [-0.1, -0.05) is 158 Å². The normalized spacial score (nSPS) is 11.9. The summed E-state index contributed by atoms with van der Waals surface area (Å²) in [6, 6.07) is 78.6. The van der Waals surface area contributed by atoms with Crippen molar-refractivity contribution in [3.05, 3.63) is 218 Å². The molecule has 4 nitrogen and oxygen atoms in total. The van der Waals surface area contributed by atoms with Gasteiger partial charge in [0.25, 0.3) is 0 Å². The summed E-state index contributed by atoms with van der Waals surface area (Å²) < 4.78 is 4.67. The fourth-order valence-electron chi connectivity index (χ4n) is 9.85. The summed E-state index contributed by atoms with van der Waals surface area (Å²) >= 11 is 0. The average Bonchev–Trinajstić information content (AvgIpc) is 3.86. The van der Waals surface area contributed by atoms with E-state index in [9.17, 15) is 0 Å². The van der Waals surface area contributed by atoms with E-state index in [-0.39, 0.29) is 0 Å². The van der Waals surface area contributed by atoms with Crippen LogP contribution < -0.4 is 0 Å². The maximum atomic E-state index is 5.53. The van der Waals surface area contributed by atoms with Crippen molar-refractivity contribution in [2.24, 2.45) is 0 Å². The molecule has 0 saturated heterocycles. The van der Waals surface area contributed by atoms with Gasteiger partial charge in [0.15, 0.2) is 0 Å². The lowest BCUT2D eigenvalue weighted by Gasteiger charge is -2.14. The molecule has 3 heterocycles. The molecule has 0 spiro atoms. The Bertz CT molecular complexity index is 3920. The molecule has 0 N–H and O–H groups in total. The number of aromatic nitrogens is 4. The van der Waals surface area contributed by atoms with Crippen molar-refractivity contribution >= 4 is 76.1 Å². The first-order chi connectivity index (χ1) is 30.7. The van der Waals surface area contributed by atoms with Crippen molar-refractivity contribution in [2.45, 2.75) is 0 Å². The monoisotopic (exact) mass is 788 g/mol. The fraction of sp³-hybridized carbons (Fsp3) is 0. The van der Waals surface area contributed by atoms with E-state index < -0.39 is 0 Å². The van der Waals surface area contributed by atoms with Gasteiger partial charge in [0.05, 0.1) is 33.3 Å². The van der Waals surface area contributed by atoms with Crippen LogP contribution >= 0.6 is 0 Å². The van der Waals surface area contributed by atoms with E-state index in [2.05, 4.69) is 228 Å². The van der Waals surface area contributed by atoms with E-state index in [1.807, 2.05) is 0 Å². The molecular formula is C58H36N4. The zero-order chi connectivity index (χ0) is 40.7. The topological polar surface area (TPSA) is 35.6 Å². The molecule has 3 aromatic heterocycles. The lowest BCUT2D eigenvalue weighted by atomic mass is 9.94. The van der Waals surface area contributed by atoms with E-state index in [4.69, 9.17) is 9.97 Å². The predicted octanol–water partition coefficient (Wildman–Crippen LogP) is 15.1. The zero-order valence-corrected chi connectivity index (χ0v) is 33.6. The molecule has 0 radical (unpaired) electrons. The van der Waals surface area contributed by atoms with Gasteiger partial charge < -0.3 is 4.57 Å². The second kappa shape index (κ2) is 13.6. The number of hydrogen-bond acceptors (Lipinski definition) is 2. The number of nitrogens with zero attached hydrogens (tertiary/aromatic N) is 4. The van der Waals surface area contributed by atoms with Gasteiger partial charge in [-0.3, -0.25) is 4.57 Å². The maximum Gasteiger partial charge on any atom is 0.235 e. The molecule has 0 fully saturated rings. The van der Waals surface area contributed by atoms with Crippen LogP contribution in [0, 0.1) is 0 Å². The molecule has 288 valence electrons. The van der Waals surface area contributed by atoms with E-state index >= 15 is 0 Å². The Labute approximate surface area is 357 Å². The molecule has 10 aromatic carbocycles. The zero-order valence-electron chi connectivity index (χ0n) is 33.6. The van der Waals surface area contributed by atoms with Gasteiger partial charge in [-0.25, -0.2) is 9.97 Å². The Kier molecular flexibility index (Phi) is 7.57. The van der Waals surface area contributed by atoms with Crippen LogP contribution in [0.5, 0.6) is 0 Å². The third kappa shape index (κ3) is 5.27. The molecule has 0 amide bonds. The largest absolute Gasteiger partial charge is 0.309 e. The van der Waals surface area contributed by atoms with Gasteiger partial charge >= 0.3 is 0 Å². The smallest absolute Gasteiger partial charge is 0.235 e. The minimum atomic E-state index is 0.649. The SMILES string of the molecule is c1ccc(-c2ccc3ccc(-c4nc(-n5c6ccccc6c6cc(-c7ccc8c(c7)c7ccccc7n8-c7ccccc7)c7ccccc7c65)nc5ccccc45)cc3c2)cc1. The highest BCUT2D eigenvalue weighted by atomic mass is 15.2. The molecule has 62 heavy (non-hydrogen) atoms. The first-order valence-corrected chi connectivity index (χ1v) is 21.2. The van der Waals surface area contributed by atoms with Crippen LogP contribution in [0.1, 0.15) is 0 Å². The van der Waals surface area contributed by atoms with Crippen LogP contribution in [0.15, 0.2) is 218 Å². The van der Waals surface area contributed by atoms with E-state index in [1.54, 1.807) is 0 Å². The Morgan fingerprint density at radius 3 is 1.68 bits per heavy atom. The number of benzene rings is 10. The Hall–Kier alpha value is -8.34. The van der Waals surface area contributed by atoms with Crippen molar-refractivity contribution in [3.8, 4) is 45.1 Å². The molecule has 13 aromatic rings. The van der Waals surface area contributed by atoms with Gasteiger partial charge in [-0.15, -0.1) is 0 Å². The molecule has 0 unspecified atom stereocenters. The standard InChI is InChI=1S/C58H36N4/c1-3-15-37(16-4-1)39-29-27-38-28-30-41(34-42(38)33-39)56-48-23-9-12-24-52(48)59-58(60-56)62-54-26-14-11-21-46(54)51-36-49(44-19-7-8-22-47(44)57(51)62)40-31-32-55-50(35-40)45-20-10-13-25-53(45)61(55)43-17-5-2-6-18-43/h1-36H. The summed E-state index contributed by atoms with van der Waals surface area (Å²) in [6.45, 7) is 0. The van der Waals surface area contributed by atoms with Crippen molar-refractivity contribution in [1.82, 2.24) is 19.1 Å². The number of rotatable bonds is 5. The number of para-hydroxylation sites is 4. The quantitative estimate of drug-likeness (QED) is 0.174. The Morgan fingerprint density at radius 2 is 0.887 bits per heavy atom. The van der Waals surface area contributed by atoms with Crippen molar-refractivity contribution in [3.63, 3.8) is 0 Å². The Balaban J connectivity index is 1.04. The number of hydrogen-bond donors (Lipinski definition) is 0. The molecule has 0 bridgehead atoms. The summed E-state index contributed by atoms with van der Waals surface area (Å²) in [5.41, 5.74) is 13.3. The maximum absolute atomic E-state index is 5.53. The minimum absolute atomic E-state index is 0.649. The van der Waals surface area contributed by atoms with Gasteiger partial charge in [0, 0.05) is 43.6 Å². The summed E-state index contributed by atoms with van der Waals surface area (Å²) in [4.78, 5) is 10.9. The second-order valence-electron chi connectivity index (χ2n) is 16.2. The lowest BCUT2D eigenvalue weighted by molar-refractivity contribution is 1.02. The van der Waals surface area contributed by atoms with Crippen molar-refractivity contribution in [1.29, 1.82) is 0 Å². The van der Waals surface area contributed by atoms with Gasteiger partial charge in [0.2, 0.25) is 5.95 Å². The molecule has 13 rings (SSSR count). The molecular weight excluding hydrogens is 753 g/mol. The first kappa shape index (κ1) is 34.5. The summed E-state index contributed by atoms with van der Waals surface area (Å²) in [5, 5.41) is 10.5. The molecule has 0 aliphatic rings. The van der Waals surface area contributed by atoms with Crippen LogP contribution in [0.3, 0.4) is 0 Å². The minimum Gasteiger partial charge on any atom is -0.309 e. The van der Waals surface area contributed by atoms with Crippen LogP contribution in [-0.2, 0) is 0 Å². The molecule has 4 heteroatoms. The van der Waals surface area contributed by atoms with Crippen molar-refractivity contribution in [2.75, 3.05) is 0 Å². The third-order valence-corrected chi connectivity index (χ3v) is 12.7. The van der Waals surface area contributed by atoms with Gasteiger partial charge in [-0.2, -0.15) is 0 Å². The molecule has 0 saturated carbocycles. The van der Waals surface area contributed by atoms with E-state index in [1.165, 1.54) is 65.6 Å². The predicted molar refractivity (Wildman–Crippen MR) is 260 cm³/mol. The van der Waals surface area contributed by atoms with Crippen LogP contribution in [0.4, 0.5) is 0 Å². The third-order valence-electron chi connectivity index (χ3n) is 12.7. The molecule has 0 aliphatic carbocycles. The second-order valence-corrected chi connectivity index (χ2v) is 16.2. The highest BCUT2D eigenvalue weighted by Gasteiger charge is 2.22. The fourth-order valence-corrected chi connectivity index (χ4v) is 9.85. The Morgan fingerprint density at radius 1 is 0.306 bits per heavy atom. The average molecular weight is 789 g/mol. The summed E-state index contributed by atoms with van der Waals surface area (Å²) in [7, 11) is 0. The van der Waals surface area contributed by atoms with Gasteiger partial charge in [0.1, 0.15) is 0 Å². The summed E-state index contributed by atoms with van der Waals surface area (Å²) in [5.74, 6) is 0.649. The van der Waals surface area contributed by atoms with E-state index in [0.29, 0.717) is 5.95 Å². The molecule has 0 atom stereocenters. The van der Waals surface area contributed by atoms with Gasteiger partial charge in [-0.05, 0) is 99.1 Å². The van der Waals surface area contributed by atoms with Crippen LogP contribution in [0.25, 0.3) is 121 Å². The summed E-state index contributed by atoms with van der Waals surface area (Å²) in [6.07, 6.45) is 0. The van der Waals surface area contributed by atoms with Crippen LogP contribution in [0.2, 0.25) is 0 Å².